The molecule has 5 aliphatic rings. The largest absolute Gasteiger partial charge is 0.374 e. The van der Waals surface area contributed by atoms with Gasteiger partial charge in [-0.15, -0.1) is 0 Å². The van der Waals surface area contributed by atoms with E-state index >= 15 is 0 Å². The Hall–Kier alpha value is -1.59. The number of carbonyl (C=O) groups is 1. The van der Waals surface area contributed by atoms with Gasteiger partial charge in [0, 0.05) is 25.7 Å². The number of hydrogen-bond donors (Lipinski definition) is 1. The van der Waals surface area contributed by atoms with Gasteiger partial charge < -0.3 is 19.9 Å². The molecule has 4 saturated heterocycles. The molecule has 0 spiro atoms. The van der Waals surface area contributed by atoms with E-state index in [0.717, 1.165) is 52.0 Å². The number of aryl methyl sites for hydroxylation is 1. The van der Waals surface area contributed by atoms with Crippen LogP contribution in [0.1, 0.15) is 54.0 Å². The standard InChI is InChI=1S/C21H29N3O2/c1-14-9-15-6-8-23(12-19(15)18(10-14)20-3-2-7-22-20)21(25)24-11-17-5-4-16(24)13-26-17/h9-10,16-17,20,22H,2-8,11-13H2,1H3/t16?,17?,20-/m0/s1. The fraction of sp³-hybridized carbons (Fsp3) is 0.667. The van der Waals surface area contributed by atoms with Gasteiger partial charge in [-0.2, -0.15) is 0 Å². The summed E-state index contributed by atoms with van der Waals surface area (Å²) < 4.78 is 5.78. The van der Waals surface area contributed by atoms with Gasteiger partial charge in [0.1, 0.15) is 0 Å². The lowest BCUT2D eigenvalue weighted by molar-refractivity contribution is -0.0923. The van der Waals surface area contributed by atoms with Crippen molar-refractivity contribution in [3.05, 3.63) is 34.4 Å². The molecule has 2 unspecified atom stereocenters. The number of urea groups is 1. The minimum atomic E-state index is 0.222. The Labute approximate surface area is 155 Å². The first kappa shape index (κ1) is 16.6. The van der Waals surface area contributed by atoms with Crippen LogP contribution in [-0.2, 0) is 17.7 Å². The average molecular weight is 355 g/mol. The zero-order valence-corrected chi connectivity index (χ0v) is 15.7. The van der Waals surface area contributed by atoms with Crippen molar-refractivity contribution < 1.29 is 9.53 Å². The lowest BCUT2D eigenvalue weighted by Crippen LogP contribution is -2.60. The van der Waals surface area contributed by atoms with Crippen LogP contribution in [0, 0.1) is 6.92 Å². The van der Waals surface area contributed by atoms with Crippen LogP contribution in [0.5, 0.6) is 0 Å². The number of fused-ring (bicyclic) bond motifs is 4. The Morgan fingerprint density at radius 2 is 2.19 bits per heavy atom. The first-order valence-electron chi connectivity index (χ1n) is 10.2. The van der Waals surface area contributed by atoms with E-state index in [1.807, 2.05) is 0 Å². The molecular weight excluding hydrogens is 326 g/mol. The predicted octanol–water partition coefficient (Wildman–Crippen LogP) is 2.76. The van der Waals surface area contributed by atoms with E-state index in [1.165, 1.54) is 35.1 Å². The van der Waals surface area contributed by atoms with Gasteiger partial charge in [0.05, 0.1) is 18.8 Å². The summed E-state index contributed by atoms with van der Waals surface area (Å²) in [4.78, 5) is 17.4. The number of benzene rings is 1. The third-order valence-electron chi connectivity index (χ3n) is 6.66. The molecule has 6 rings (SSSR count). The molecule has 0 saturated carbocycles. The summed E-state index contributed by atoms with van der Waals surface area (Å²) in [5.41, 5.74) is 5.62. The van der Waals surface area contributed by atoms with Gasteiger partial charge in [0.2, 0.25) is 0 Å². The first-order chi connectivity index (χ1) is 12.7. The summed E-state index contributed by atoms with van der Waals surface area (Å²) >= 11 is 0. The second-order valence-corrected chi connectivity index (χ2v) is 8.43. The molecule has 0 radical (unpaired) electrons. The highest BCUT2D eigenvalue weighted by Gasteiger charge is 2.39. The molecule has 2 bridgehead atoms. The second-order valence-electron chi connectivity index (χ2n) is 8.43. The van der Waals surface area contributed by atoms with Gasteiger partial charge >= 0.3 is 6.03 Å². The smallest absolute Gasteiger partial charge is 0.320 e. The van der Waals surface area contributed by atoms with Crippen molar-refractivity contribution >= 4 is 6.03 Å². The van der Waals surface area contributed by atoms with E-state index in [9.17, 15) is 4.79 Å². The van der Waals surface area contributed by atoms with Crippen molar-refractivity contribution in [3.63, 3.8) is 0 Å². The zero-order valence-electron chi connectivity index (χ0n) is 15.7. The van der Waals surface area contributed by atoms with Gasteiger partial charge in [0.15, 0.2) is 0 Å². The number of carbonyl (C=O) groups excluding carboxylic acids is 1. The highest BCUT2D eigenvalue weighted by molar-refractivity contribution is 5.75. The Morgan fingerprint density at radius 1 is 1.27 bits per heavy atom. The number of hydrogen-bond acceptors (Lipinski definition) is 3. The number of nitrogens with zero attached hydrogens (tertiary/aromatic N) is 2. The van der Waals surface area contributed by atoms with E-state index in [4.69, 9.17) is 4.74 Å². The molecule has 5 heterocycles. The van der Waals surface area contributed by atoms with Gasteiger partial charge in [-0.25, -0.2) is 4.79 Å². The molecule has 2 amide bonds. The molecule has 3 atom stereocenters. The summed E-state index contributed by atoms with van der Waals surface area (Å²) in [5.74, 6) is 0. The molecule has 5 heteroatoms. The van der Waals surface area contributed by atoms with E-state index in [2.05, 4.69) is 34.2 Å². The monoisotopic (exact) mass is 355 g/mol. The van der Waals surface area contributed by atoms with E-state index < -0.39 is 0 Å². The molecule has 0 aliphatic carbocycles. The second kappa shape index (κ2) is 6.54. The van der Waals surface area contributed by atoms with Gasteiger partial charge in [-0.1, -0.05) is 17.7 Å². The van der Waals surface area contributed by atoms with Crippen LogP contribution >= 0.6 is 0 Å². The minimum absolute atomic E-state index is 0.222. The number of nitrogens with one attached hydrogen (secondary N) is 1. The molecule has 1 aromatic carbocycles. The number of amides is 2. The number of ether oxygens (including phenoxy) is 1. The number of rotatable bonds is 1. The summed E-state index contributed by atoms with van der Waals surface area (Å²) in [7, 11) is 0. The fourth-order valence-corrected chi connectivity index (χ4v) is 5.25. The maximum Gasteiger partial charge on any atom is 0.320 e. The third-order valence-corrected chi connectivity index (χ3v) is 6.66. The maximum absolute atomic E-state index is 13.2. The van der Waals surface area contributed by atoms with Crippen molar-refractivity contribution in [2.24, 2.45) is 0 Å². The summed E-state index contributed by atoms with van der Waals surface area (Å²) in [6, 6.07) is 5.62. The van der Waals surface area contributed by atoms with Crippen LogP contribution in [0.15, 0.2) is 12.1 Å². The zero-order chi connectivity index (χ0) is 17.7. The Balaban J connectivity index is 1.40. The van der Waals surface area contributed by atoms with E-state index in [1.54, 1.807) is 0 Å². The van der Waals surface area contributed by atoms with Gasteiger partial charge in [0.25, 0.3) is 0 Å². The van der Waals surface area contributed by atoms with E-state index in [0.29, 0.717) is 6.04 Å². The highest BCUT2D eigenvalue weighted by Crippen LogP contribution is 2.34. The van der Waals surface area contributed by atoms with Crippen molar-refractivity contribution in [1.82, 2.24) is 15.1 Å². The molecule has 0 aromatic heterocycles. The maximum atomic E-state index is 13.2. The van der Waals surface area contributed by atoms with Gasteiger partial charge in [-0.3, -0.25) is 0 Å². The van der Waals surface area contributed by atoms with E-state index in [-0.39, 0.29) is 18.2 Å². The molecule has 140 valence electrons. The molecule has 5 aliphatic heterocycles. The molecule has 1 N–H and O–H groups in total. The Bertz CT molecular complexity index is 705. The Morgan fingerprint density at radius 3 is 2.88 bits per heavy atom. The van der Waals surface area contributed by atoms with Crippen LogP contribution in [0.25, 0.3) is 0 Å². The number of morpholine rings is 1. The molecule has 26 heavy (non-hydrogen) atoms. The predicted molar refractivity (Wildman–Crippen MR) is 100 cm³/mol. The highest BCUT2D eigenvalue weighted by atomic mass is 16.5. The minimum Gasteiger partial charge on any atom is -0.374 e. The van der Waals surface area contributed by atoms with Crippen LogP contribution in [0.3, 0.4) is 0 Å². The lowest BCUT2D eigenvalue weighted by atomic mass is 9.89. The quantitative estimate of drug-likeness (QED) is 0.842. The normalized spacial score (nSPS) is 30.6. The van der Waals surface area contributed by atoms with Crippen molar-refractivity contribution in [1.29, 1.82) is 0 Å². The fourth-order valence-electron chi connectivity index (χ4n) is 5.25. The Kier molecular flexibility index (Phi) is 4.17. The van der Waals surface area contributed by atoms with Crippen molar-refractivity contribution in [2.45, 2.75) is 63.8 Å². The average Bonchev–Trinajstić information content (AvgIpc) is 3.22. The summed E-state index contributed by atoms with van der Waals surface area (Å²) in [5, 5.41) is 3.65. The first-order valence-corrected chi connectivity index (χ1v) is 10.2. The van der Waals surface area contributed by atoms with Gasteiger partial charge in [-0.05, 0) is 62.3 Å². The topological polar surface area (TPSA) is 44.8 Å². The summed E-state index contributed by atoms with van der Waals surface area (Å²) in [6.07, 6.45) is 5.87. The lowest BCUT2D eigenvalue weighted by Gasteiger charge is -2.47. The summed E-state index contributed by atoms with van der Waals surface area (Å²) in [6.45, 7) is 6.39. The van der Waals surface area contributed by atoms with Crippen LogP contribution in [-0.4, -0.2) is 54.2 Å². The molecular formula is C21H29N3O2. The third kappa shape index (κ3) is 2.81. The van der Waals surface area contributed by atoms with Crippen molar-refractivity contribution in [3.8, 4) is 0 Å². The number of piperidine rings is 1. The molecule has 5 nitrogen and oxygen atoms in total. The molecule has 4 fully saturated rings. The molecule has 1 aromatic rings. The van der Waals surface area contributed by atoms with Crippen LogP contribution in [0.4, 0.5) is 4.79 Å². The SMILES string of the molecule is Cc1cc2c(c([C@@H]3CCCN3)c1)CN(C(=O)N1CC3CCC1CO3)CC2. The van der Waals surface area contributed by atoms with Crippen LogP contribution < -0.4 is 5.32 Å². The van der Waals surface area contributed by atoms with Crippen LogP contribution in [0.2, 0.25) is 0 Å². The van der Waals surface area contributed by atoms with Crippen molar-refractivity contribution in [2.75, 3.05) is 26.2 Å².